The Morgan fingerprint density at radius 2 is 1.52 bits per heavy atom. The summed E-state index contributed by atoms with van der Waals surface area (Å²) in [6.07, 6.45) is 2.02. The van der Waals surface area contributed by atoms with E-state index >= 15 is 0 Å². The summed E-state index contributed by atoms with van der Waals surface area (Å²) in [5, 5.41) is 0. The molecule has 0 N–H and O–H groups in total. The minimum Gasteiger partial charge on any atom is -0.207 e. The van der Waals surface area contributed by atoms with Gasteiger partial charge in [-0.2, -0.15) is 4.31 Å². The molecule has 2 rings (SSSR count). The second kappa shape index (κ2) is 7.07. The highest BCUT2D eigenvalue weighted by molar-refractivity contribution is 7.98. The normalized spacial score (nSPS) is 11.9. The number of nitrogens with zero attached hydrogens (tertiary/aromatic N) is 1. The first-order valence-corrected chi connectivity index (χ1v) is 10.1. The van der Waals surface area contributed by atoms with Crippen LogP contribution >= 0.6 is 11.8 Å². The summed E-state index contributed by atoms with van der Waals surface area (Å²) < 4.78 is 27.3. The average molecular weight is 350 g/mol. The van der Waals surface area contributed by atoms with Crippen molar-refractivity contribution >= 4 is 21.8 Å². The molecule has 0 heterocycles. The Labute approximate surface area is 143 Å². The minimum atomic E-state index is -3.50. The lowest BCUT2D eigenvalue weighted by molar-refractivity contribution is 0.465. The Morgan fingerprint density at radius 3 is 2.00 bits per heavy atom. The van der Waals surface area contributed by atoms with Gasteiger partial charge in [-0.25, -0.2) is 8.42 Å². The van der Waals surface area contributed by atoms with Gasteiger partial charge in [-0.3, -0.25) is 0 Å². The standard InChI is InChI=1S/C18H23NO2S2/c1-13-10-14(2)18(15(3)11-13)23(20,21)19(4)12-16-6-8-17(22-5)9-7-16/h6-11H,12H2,1-5H3. The molecule has 0 unspecified atom stereocenters. The second-order valence-electron chi connectivity index (χ2n) is 5.84. The number of benzene rings is 2. The Kier molecular flexibility index (Phi) is 5.55. The van der Waals surface area contributed by atoms with Gasteiger partial charge in [0.05, 0.1) is 4.90 Å². The van der Waals surface area contributed by atoms with Crippen LogP contribution in [0.1, 0.15) is 22.3 Å². The van der Waals surface area contributed by atoms with Crippen molar-refractivity contribution in [2.24, 2.45) is 0 Å². The second-order valence-corrected chi connectivity index (χ2v) is 8.70. The third-order valence-corrected chi connectivity index (χ3v) is 6.69. The van der Waals surface area contributed by atoms with E-state index in [9.17, 15) is 8.42 Å². The molecule has 0 atom stereocenters. The maximum Gasteiger partial charge on any atom is 0.243 e. The summed E-state index contributed by atoms with van der Waals surface area (Å²) in [4.78, 5) is 1.59. The van der Waals surface area contributed by atoms with Gasteiger partial charge >= 0.3 is 0 Å². The molecular weight excluding hydrogens is 326 g/mol. The Bertz CT molecular complexity index is 773. The highest BCUT2D eigenvalue weighted by atomic mass is 32.2. The van der Waals surface area contributed by atoms with Gasteiger partial charge in [0.15, 0.2) is 0 Å². The summed E-state index contributed by atoms with van der Waals surface area (Å²) in [5.74, 6) is 0. The molecule has 3 nitrogen and oxygen atoms in total. The van der Waals surface area contributed by atoms with Crippen molar-refractivity contribution in [2.75, 3.05) is 13.3 Å². The molecule has 0 saturated carbocycles. The van der Waals surface area contributed by atoms with E-state index in [0.717, 1.165) is 22.3 Å². The molecular formula is C18H23NO2S2. The predicted octanol–water partition coefficient (Wildman–Crippen LogP) is 4.15. The lowest BCUT2D eigenvalue weighted by atomic mass is 10.1. The van der Waals surface area contributed by atoms with Gasteiger partial charge in [0.1, 0.15) is 0 Å². The molecule has 0 aliphatic rings. The summed E-state index contributed by atoms with van der Waals surface area (Å²) in [6.45, 7) is 6.05. The number of rotatable bonds is 5. The molecule has 5 heteroatoms. The lowest BCUT2D eigenvalue weighted by Crippen LogP contribution is -2.27. The molecule has 23 heavy (non-hydrogen) atoms. The Morgan fingerprint density at radius 1 is 1.00 bits per heavy atom. The third kappa shape index (κ3) is 3.97. The van der Waals surface area contributed by atoms with Crippen molar-refractivity contribution < 1.29 is 8.42 Å². The van der Waals surface area contributed by atoms with Crippen molar-refractivity contribution in [1.82, 2.24) is 4.31 Å². The number of thioether (sulfide) groups is 1. The lowest BCUT2D eigenvalue weighted by Gasteiger charge is -2.20. The Hall–Kier alpha value is -1.30. The van der Waals surface area contributed by atoms with Crippen LogP contribution in [0.3, 0.4) is 0 Å². The maximum absolute atomic E-state index is 12.9. The number of hydrogen-bond acceptors (Lipinski definition) is 3. The van der Waals surface area contributed by atoms with Crippen molar-refractivity contribution in [3.63, 3.8) is 0 Å². The van der Waals surface area contributed by atoms with Crippen molar-refractivity contribution in [2.45, 2.75) is 37.1 Å². The van der Waals surface area contributed by atoms with E-state index < -0.39 is 10.0 Å². The smallest absolute Gasteiger partial charge is 0.207 e. The first kappa shape index (κ1) is 18.0. The van der Waals surface area contributed by atoms with Crippen molar-refractivity contribution in [3.05, 3.63) is 58.7 Å². The summed E-state index contributed by atoms with van der Waals surface area (Å²) in [7, 11) is -1.87. The fraction of sp³-hybridized carbons (Fsp3) is 0.333. The first-order chi connectivity index (χ1) is 10.8. The molecule has 0 aliphatic carbocycles. The van der Waals surface area contributed by atoms with Crippen LogP contribution in [-0.2, 0) is 16.6 Å². The first-order valence-electron chi connectivity index (χ1n) is 7.43. The van der Waals surface area contributed by atoms with Crippen LogP contribution < -0.4 is 0 Å². The van der Waals surface area contributed by atoms with Crippen LogP contribution in [0.4, 0.5) is 0 Å². The van der Waals surface area contributed by atoms with Crippen LogP contribution in [0.25, 0.3) is 0 Å². The summed E-state index contributed by atoms with van der Waals surface area (Å²) in [5.41, 5.74) is 3.66. The fourth-order valence-corrected chi connectivity index (χ4v) is 4.77. The van der Waals surface area contributed by atoms with E-state index in [0.29, 0.717) is 11.4 Å². The molecule has 0 fully saturated rings. The minimum absolute atomic E-state index is 0.365. The zero-order valence-electron chi connectivity index (χ0n) is 14.3. The van der Waals surface area contributed by atoms with Gasteiger partial charge in [-0.1, -0.05) is 29.8 Å². The van der Waals surface area contributed by atoms with Gasteiger partial charge < -0.3 is 0 Å². The van der Waals surface area contributed by atoms with Gasteiger partial charge in [-0.15, -0.1) is 11.8 Å². The molecule has 0 amide bonds. The molecule has 2 aromatic rings. The van der Waals surface area contributed by atoms with Gasteiger partial charge in [0, 0.05) is 18.5 Å². The molecule has 0 radical (unpaired) electrons. The van der Waals surface area contributed by atoms with E-state index in [4.69, 9.17) is 0 Å². The van der Waals surface area contributed by atoms with Gasteiger partial charge in [-0.05, 0) is 55.9 Å². The van der Waals surface area contributed by atoms with Crippen LogP contribution in [0, 0.1) is 20.8 Å². The SMILES string of the molecule is CSc1ccc(CN(C)S(=O)(=O)c2c(C)cc(C)cc2C)cc1. The molecule has 0 spiro atoms. The van der Waals surface area contributed by atoms with Crippen LogP contribution in [0.15, 0.2) is 46.2 Å². The van der Waals surface area contributed by atoms with E-state index in [1.165, 1.54) is 9.20 Å². The highest BCUT2D eigenvalue weighted by Gasteiger charge is 2.25. The van der Waals surface area contributed by atoms with Crippen LogP contribution in [0.2, 0.25) is 0 Å². The number of sulfonamides is 1. The predicted molar refractivity (Wildman–Crippen MR) is 97.5 cm³/mol. The maximum atomic E-state index is 12.9. The largest absolute Gasteiger partial charge is 0.243 e. The molecule has 0 aromatic heterocycles. The number of aryl methyl sites for hydroxylation is 3. The van der Waals surface area contributed by atoms with E-state index in [1.54, 1.807) is 18.8 Å². The van der Waals surface area contributed by atoms with Crippen molar-refractivity contribution in [3.8, 4) is 0 Å². The van der Waals surface area contributed by atoms with E-state index in [1.807, 2.05) is 63.4 Å². The fourth-order valence-electron chi connectivity index (χ4n) is 2.80. The zero-order valence-corrected chi connectivity index (χ0v) is 15.9. The highest BCUT2D eigenvalue weighted by Crippen LogP contribution is 2.25. The zero-order chi connectivity index (χ0) is 17.2. The van der Waals surface area contributed by atoms with E-state index in [-0.39, 0.29) is 0 Å². The molecule has 2 aromatic carbocycles. The van der Waals surface area contributed by atoms with Gasteiger partial charge in [0.25, 0.3) is 0 Å². The molecule has 0 aliphatic heterocycles. The van der Waals surface area contributed by atoms with Crippen LogP contribution in [-0.4, -0.2) is 26.0 Å². The summed E-state index contributed by atoms with van der Waals surface area (Å²) in [6, 6.07) is 11.8. The van der Waals surface area contributed by atoms with E-state index in [2.05, 4.69) is 0 Å². The average Bonchev–Trinajstić information content (AvgIpc) is 2.46. The van der Waals surface area contributed by atoms with Crippen molar-refractivity contribution in [1.29, 1.82) is 0 Å². The molecule has 0 saturated heterocycles. The van der Waals surface area contributed by atoms with Gasteiger partial charge in [0.2, 0.25) is 10.0 Å². The monoisotopic (exact) mass is 349 g/mol. The van der Waals surface area contributed by atoms with Crippen LogP contribution in [0.5, 0.6) is 0 Å². The molecule has 0 bridgehead atoms. The quantitative estimate of drug-likeness (QED) is 0.761. The molecule has 124 valence electrons. The third-order valence-electron chi connectivity index (χ3n) is 3.84. The summed E-state index contributed by atoms with van der Waals surface area (Å²) >= 11 is 1.67. The number of hydrogen-bond donors (Lipinski definition) is 0. The topological polar surface area (TPSA) is 37.4 Å². The Balaban J connectivity index is 2.31.